The van der Waals surface area contributed by atoms with Crippen LogP contribution in [-0.2, 0) is 27.4 Å². The number of benzene rings is 3. The van der Waals surface area contributed by atoms with Crippen LogP contribution < -0.4 is 34.1 Å². The second-order valence-corrected chi connectivity index (χ2v) is 11.9. The van der Waals surface area contributed by atoms with Gasteiger partial charge in [-0.15, -0.1) is 0 Å². The lowest BCUT2D eigenvalue weighted by atomic mass is 10.1. The van der Waals surface area contributed by atoms with Gasteiger partial charge >= 0.3 is 0 Å². The van der Waals surface area contributed by atoms with E-state index in [0.29, 0.717) is 52.2 Å². The Kier molecular flexibility index (Phi) is 10.5. The fourth-order valence-electron chi connectivity index (χ4n) is 5.01. The van der Waals surface area contributed by atoms with Crippen LogP contribution in [0.4, 0.5) is 11.6 Å². The molecule has 0 bridgehead atoms. The van der Waals surface area contributed by atoms with Gasteiger partial charge in [0, 0.05) is 23.7 Å². The van der Waals surface area contributed by atoms with Gasteiger partial charge in [0.2, 0.25) is 12.3 Å². The van der Waals surface area contributed by atoms with E-state index in [-0.39, 0.29) is 24.7 Å². The van der Waals surface area contributed by atoms with E-state index < -0.39 is 5.60 Å². The molecule has 2 aromatic heterocycles. The van der Waals surface area contributed by atoms with E-state index in [4.69, 9.17) is 28.5 Å². The van der Waals surface area contributed by atoms with E-state index in [9.17, 15) is 9.59 Å². The van der Waals surface area contributed by atoms with Gasteiger partial charge in [-0.3, -0.25) is 19.4 Å². The molecular weight excluding hydrogens is 630 g/mol. The summed E-state index contributed by atoms with van der Waals surface area (Å²) in [4.78, 5) is 35.5. The number of fused-ring (bicyclic) bond motifs is 1. The molecule has 0 atom stereocenters. The number of nitrogens with zero attached hydrogens (tertiary/aromatic N) is 4. The van der Waals surface area contributed by atoms with Crippen LogP contribution >= 0.6 is 0 Å². The normalized spacial score (nSPS) is 11.2. The number of nitrogens with one attached hydrogen (secondary N) is 1. The summed E-state index contributed by atoms with van der Waals surface area (Å²) in [6.45, 7) is 5.71. The fraction of sp³-hybridized carbons (Fsp3) is 0.278. The quantitative estimate of drug-likeness (QED) is 0.108. The van der Waals surface area contributed by atoms with Gasteiger partial charge in [-0.25, -0.2) is 4.68 Å². The van der Waals surface area contributed by atoms with Crippen LogP contribution in [0.5, 0.6) is 34.5 Å². The Morgan fingerprint density at radius 1 is 0.816 bits per heavy atom. The second kappa shape index (κ2) is 14.9. The van der Waals surface area contributed by atoms with Gasteiger partial charge in [-0.1, -0.05) is 18.2 Å². The van der Waals surface area contributed by atoms with Crippen molar-refractivity contribution in [2.24, 2.45) is 0 Å². The number of carbonyl (C=O) groups is 2. The molecule has 13 nitrogen and oxygen atoms in total. The van der Waals surface area contributed by atoms with Crippen LogP contribution in [0.25, 0.3) is 10.9 Å². The standard InChI is InChI=1S/C36H39N5O8/c1-36(2,3)49-41(22-42)34-20-33(40(39-34)21-24-10-13-29(44-4)30(16-24)45-5)38-35(43)17-23-8-11-25(12-9-23)48-28-14-15-37-27-19-32(47-7)31(46-6)18-26(27)28/h8-16,18-20,22H,17,21H2,1-7H3,(H,38,43). The summed E-state index contributed by atoms with van der Waals surface area (Å²) in [5.41, 5.74) is 1.61. The Hall–Kier alpha value is -5.82. The van der Waals surface area contributed by atoms with Crippen LogP contribution in [-0.4, -0.2) is 61.1 Å². The molecule has 2 amide bonds. The Bertz CT molecular complexity index is 1940. The number of carbonyl (C=O) groups excluding carboxylic acids is 2. The average Bonchev–Trinajstić information content (AvgIpc) is 3.48. The molecule has 0 radical (unpaired) electrons. The first-order valence-corrected chi connectivity index (χ1v) is 15.3. The molecule has 0 aliphatic rings. The maximum Gasteiger partial charge on any atom is 0.239 e. The van der Waals surface area contributed by atoms with E-state index >= 15 is 0 Å². The van der Waals surface area contributed by atoms with Crippen molar-refractivity contribution in [1.29, 1.82) is 0 Å². The molecule has 0 spiro atoms. The second-order valence-electron chi connectivity index (χ2n) is 11.9. The minimum atomic E-state index is -0.668. The molecule has 13 heteroatoms. The molecule has 5 aromatic rings. The highest BCUT2D eigenvalue weighted by Gasteiger charge is 2.22. The number of amides is 2. The summed E-state index contributed by atoms with van der Waals surface area (Å²) < 4.78 is 29.4. The van der Waals surface area contributed by atoms with E-state index in [1.165, 1.54) is 0 Å². The van der Waals surface area contributed by atoms with Crippen molar-refractivity contribution < 1.29 is 38.1 Å². The highest BCUT2D eigenvalue weighted by atomic mass is 16.7. The third-order valence-corrected chi connectivity index (χ3v) is 7.23. The van der Waals surface area contributed by atoms with Crippen molar-refractivity contribution in [3.8, 4) is 34.5 Å². The van der Waals surface area contributed by atoms with Gasteiger partial charge < -0.3 is 29.0 Å². The summed E-state index contributed by atoms with van der Waals surface area (Å²) >= 11 is 0. The number of anilines is 2. The van der Waals surface area contributed by atoms with Gasteiger partial charge in [-0.2, -0.15) is 10.2 Å². The predicted molar refractivity (Wildman–Crippen MR) is 184 cm³/mol. The van der Waals surface area contributed by atoms with Gasteiger partial charge in [0.25, 0.3) is 0 Å². The Labute approximate surface area is 284 Å². The van der Waals surface area contributed by atoms with Crippen LogP contribution in [0.2, 0.25) is 0 Å². The lowest BCUT2D eigenvalue weighted by Gasteiger charge is -2.24. The molecule has 5 rings (SSSR count). The van der Waals surface area contributed by atoms with E-state index in [0.717, 1.165) is 21.6 Å². The third kappa shape index (κ3) is 8.37. The molecule has 0 aliphatic carbocycles. The Balaban J connectivity index is 1.33. The smallest absolute Gasteiger partial charge is 0.239 e. The molecule has 3 aromatic carbocycles. The van der Waals surface area contributed by atoms with Crippen LogP contribution in [0.1, 0.15) is 31.9 Å². The number of rotatable bonds is 14. The molecule has 49 heavy (non-hydrogen) atoms. The van der Waals surface area contributed by atoms with Crippen LogP contribution in [0.15, 0.2) is 72.9 Å². The number of pyridine rings is 1. The predicted octanol–water partition coefficient (Wildman–Crippen LogP) is 6.18. The Morgan fingerprint density at radius 3 is 2.12 bits per heavy atom. The van der Waals surface area contributed by atoms with Crippen molar-refractivity contribution in [1.82, 2.24) is 14.8 Å². The summed E-state index contributed by atoms with van der Waals surface area (Å²) in [5.74, 6) is 3.73. The van der Waals surface area contributed by atoms with Crippen LogP contribution in [0.3, 0.4) is 0 Å². The molecule has 0 fully saturated rings. The van der Waals surface area contributed by atoms with Gasteiger partial charge in [0.15, 0.2) is 28.8 Å². The molecule has 2 heterocycles. The molecule has 0 aliphatic heterocycles. The maximum absolute atomic E-state index is 13.3. The summed E-state index contributed by atoms with van der Waals surface area (Å²) in [6.07, 6.45) is 2.26. The minimum absolute atomic E-state index is 0.0716. The average molecular weight is 670 g/mol. The monoisotopic (exact) mass is 669 g/mol. The Morgan fingerprint density at radius 2 is 1.47 bits per heavy atom. The van der Waals surface area contributed by atoms with Crippen molar-refractivity contribution >= 4 is 34.9 Å². The third-order valence-electron chi connectivity index (χ3n) is 7.23. The molecule has 0 unspecified atom stereocenters. The first-order valence-electron chi connectivity index (χ1n) is 15.3. The molecular formula is C36H39N5O8. The zero-order valence-electron chi connectivity index (χ0n) is 28.5. The van der Waals surface area contributed by atoms with Gasteiger partial charge in [0.1, 0.15) is 17.3 Å². The van der Waals surface area contributed by atoms with E-state index in [2.05, 4.69) is 15.4 Å². The lowest BCUT2D eigenvalue weighted by Crippen LogP contribution is -2.33. The lowest BCUT2D eigenvalue weighted by molar-refractivity contribution is -0.120. The first kappa shape index (κ1) is 34.5. The van der Waals surface area contributed by atoms with Crippen molar-refractivity contribution in [3.05, 3.63) is 84.1 Å². The van der Waals surface area contributed by atoms with E-state index in [1.54, 1.807) is 75.7 Å². The van der Waals surface area contributed by atoms with Crippen molar-refractivity contribution in [2.75, 3.05) is 38.8 Å². The number of aromatic nitrogens is 3. The summed E-state index contributed by atoms with van der Waals surface area (Å²) in [5, 5.41) is 9.31. The number of hydroxylamine groups is 1. The van der Waals surface area contributed by atoms with Crippen molar-refractivity contribution in [3.63, 3.8) is 0 Å². The number of hydrogen-bond acceptors (Lipinski definition) is 10. The number of methoxy groups -OCH3 is 4. The molecule has 256 valence electrons. The fourth-order valence-corrected chi connectivity index (χ4v) is 5.01. The summed E-state index contributed by atoms with van der Waals surface area (Å²) in [6, 6.07) is 19.7. The highest BCUT2D eigenvalue weighted by molar-refractivity contribution is 5.92. The maximum atomic E-state index is 13.3. The van der Waals surface area contributed by atoms with Crippen LogP contribution in [0, 0.1) is 0 Å². The minimum Gasteiger partial charge on any atom is -0.493 e. The van der Waals surface area contributed by atoms with E-state index in [1.807, 2.05) is 51.1 Å². The zero-order chi connectivity index (χ0) is 35.1. The number of ether oxygens (including phenoxy) is 5. The van der Waals surface area contributed by atoms with Crippen molar-refractivity contribution in [2.45, 2.75) is 39.3 Å². The largest absolute Gasteiger partial charge is 0.493 e. The zero-order valence-corrected chi connectivity index (χ0v) is 28.5. The van der Waals surface area contributed by atoms with Gasteiger partial charge in [0.05, 0.1) is 52.5 Å². The summed E-state index contributed by atoms with van der Waals surface area (Å²) in [7, 11) is 6.26. The molecule has 1 N–H and O–H groups in total. The molecule has 0 saturated heterocycles. The first-order chi connectivity index (χ1) is 23.5. The topological polar surface area (TPSA) is 136 Å². The molecule has 0 saturated carbocycles. The number of hydrogen-bond donors (Lipinski definition) is 1. The SMILES string of the molecule is COc1ccc(Cn2nc(N(C=O)OC(C)(C)C)cc2NC(=O)Cc2ccc(Oc3ccnc4cc(OC)c(OC)cc34)cc2)cc1OC. The van der Waals surface area contributed by atoms with Gasteiger partial charge in [-0.05, 0) is 68.3 Å². The highest BCUT2D eigenvalue weighted by Crippen LogP contribution is 2.37.